The monoisotopic (exact) mass is 402 g/mol. The van der Waals surface area contributed by atoms with Crippen molar-refractivity contribution < 1.29 is 9.53 Å². The van der Waals surface area contributed by atoms with E-state index in [9.17, 15) is 4.79 Å². The fourth-order valence-corrected chi connectivity index (χ4v) is 3.66. The summed E-state index contributed by atoms with van der Waals surface area (Å²) in [6, 6.07) is 10.1. The minimum absolute atomic E-state index is 0. The number of cyclic esters (lactones) is 1. The van der Waals surface area contributed by atoms with Crippen molar-refractivity contribution in [1.29, 1.82) is 0 Å². The number of halogens is 2. The van der Waals surface area contributed by atoms with Gasteiger partial charge in [-0.15, -0.1) is 23.7 Å². The molecule has 0 spiro atoms. The predicted molar refractivity (Wildman–Crippen MR) is 94.9 cm³/mol. The highest BCUT2D eigenvalue weighted by atomic mass is 79.9. The van der Waals surface area contributed by atoms with Crippen LogP contribution in [0.2, 0.25) is 0 Å². The van der Waals surface area contributed by atoms with Gasteiger partial charge in [-0.1, -0.05) is 12.1 Å². The van der Waals surface area contributed by atoms with Crippen LogP contribution >= 0.6 is 39.7 Å². The maximum atomic E-state index is 11.6. The van der Waals surface area contributed by atoms with E-state index in [2.05, 4.69) is 38.8 Å². The van der Waals surface area contributed by atoms with Crippen LogP contribution in [-0.2, 0) is 17.8 Å². The van der Waals surface area contributed by atoms with Gasteiger partial charge in [-0.3, -0.25) is 4.90 Å². The van der Waals surface area contributed by atoms with Gasteiger partial charge in [0, 0.05) is 33.5 Å². The van der Waals surface area contributed by atoms with Crippen LogP contribution in [0.4, 0.5) is 10.5 Å². The van der Waals surface area contributed by atoms with E-state index in [0.717, 1.165) is 28.8 Å². The number of carbonyl (C=O) groups is 1. The largest absolute Gasteiger partial charge is 0.447 e. The average molecular weight is 404 g/mol. The normalized spacial score (nSPS) is 13.9. The summed E-state index contributed by atoms with van der Waals surface area (Å²) in [6.07, 6.45) is -0.261. The Morgan fingerprint density at radius 1 is 1.32 bits per heavy atom. The molecule has 1 aromatic carbocycles. The fraction of sp³-hybridized carbons (Fsp3) is 0.267. The lowest BCUT2D eigenvalue weighted by atomic mass is 10.2. The number of nitrogens with one attached hydrogen (secondary N) is 1. The zero-order valence-corrected chi connectivity index (χ0v) is 15.0. The molecule has 118 valence electrons. The standard InChI is InChI=1S/C15H15BrN2O2S.ClH/c16-12-7-14(21-10-12)9-17-8-11-2-1-3-13(6-11)18-4-5-20-15(18)19;/h1-3,6-7,10,17H,4-5,8-9H2;1H. The number of anilines is 1. The van der Waals surface area contributed by atoms with Crippen molar-refractivity contribution in [1.82, 2.24) is 5.32 Å². The molecule has 4 nitrogen and oxygen atoms in total. The summed E-state index contributed by atoms with van der Waals surface area (Å²) in [6.45, 7) is 2.70. The molecule has 1 aromatic heterocycles. The van der Waals surface area contributed by atoms with E-state index >= 15 is 0 Å². The van der Waals surface area contributed by atoms with Crippen LogP contribution in [0.25, 0.3) is 0 Å². The van der Waals surface area contributed by atoms with Gasteiger partial charge in [0.1, 0.15) is 6.61 Å². The topological polar surface area (TPSA) is 41.6 Å². The number of thiophene rings is 1. The van der Waals surface area contributed by atoms with Crippen molar-refractivity contribution in [2.45, 2.75) is 13.1 Å². The molecule has 0 saturated carbocycles. The number of nitrogens with zero attached hydrogens (tertiary/aromatic N) is 1. The first-order valence-electron chi connectivity index (χ1n) is 6.69. The molecule has 1 N–H and O–H groups in total. The molecule has 0 radical (unpaired) electrons. The Kier molecular flexibility index (Phi) is 6.26. The maximum absolute atomic E-state index is 11.6. The van der Waals surface area contributed by atoms with Crippen molar-refractivity contribution in [3.8, 4) is 0 Å². The summed E-state index contributed by atoms with van der Waals surface area (Å²) in [4.78, 5) is 14.5. The molecule has 2 heterocycles. The van der Waals surface area contributed by atoms with Gasteiger partial charge < -0.3 is 10.1 Å². The first kappa shape index (κ1) is 17.3. The van der Waals surface area contributed by atoms with E-state index in [0.29, 0.717) is 13.2 Å². The Morgan fingerprint density at radius 2 is 2.18 bits per heavy atom. The lowest BCUT2D eigenvalue weighted by Crippen LogP contribution is -2.23. The summed E-state index contributed by atoms with van der Waals surface area (Å²) in [5.41, 5.74) is 2.05. The Bertz CT molecular complexity index is 650. The minimum atomic E-state index is -0.261. The number of benzene rings is 1. The predicted octanol–water partition coefficient (Wildman–Crippen LogP) is 4.18. The molecule has 7 heteroatoms. The van der Waals surface area contributed by atoms with Gasteiger partial charge in [-0.25, -0.2) is 4.79 Å². The maximum Gasteiger partial charge on any atom is 0.414 e. The Morgan fingerprint density at radius 3 is 2.86 bits per heavy atom. The van der Waals surface area contributed by atoms with Gasteiger partial charge in [-0.05, 0) is 39.7 Å². The first-order valence-corrected chi connectivity index (χ1v) is 8.36. The zero-order valence-electron chi connectivity index (χ0n) is 11.8. The highest BCUT2D eigenvalue weighted by molar-refractivity contribution is 9.10. The summed E-state index contributed by atoms with van der Waals surface area (Å²) in [5, 5.41) is 5.50. The summed E-state index contributed by atoms with van der Waals surface area (Å²) >= 11 is 5.18. The molecular formula is C15H16BrClN2O2S. The van der Waals surface area contributed by atoms with Crippen LogP contribution in [0.3, 0.4) is 0 Å². The smallest absolute Gasteiger partial charge is 0.414 e. The number of ether oxygens (including phenoxy) is 1. The third-order valence-electron chi connectivity index (χ3n) is 3.23. The molecule has 0 atom stereocenters. The Hall–Kier alpha value is -1.08. The molecule has 1 aliphatic rings. The summed E-state index contributed by atoms with van der Waals surface area (Å²) in [7, 11) is 0. The van der Waals surface area contributed by atoms with Crippen LogP contribution in [0.15, 0.2) is 40.2 Å². The molecule has 0 unspecified atom stereocenters. The molecule has 3 rings (SSSR count). The van der Waals surface area contributed by atoms with Crippen molar-refractivity contribution >= 4 is 51.5 Å². The lowest BCUT2D eigenvalue weighted by molar-refractivity contribution is 0.181. The number of carbonyl (C=O) groups excluding carboxylic acids is 1. The van der Waals surface area contributed by atoms with E-state index in [1.807, 2.05) is 18.2 Å². The van der Waals surface area contributed by atoms with Crippen molar-refractivity contribution in [2.24, 2.45) is 0 Å². The number of rotatable bonds is 5. The first-order chi connectivity index (χ1) is 10.2. The number of amides is 1. The second-order valence-electron chi connectivity index (χ2n) is 4.77. The van der Waals surface area contributed by atoms with Crippen LogP contribution in [0.1, 0.15) is 10.4 Å². The zero-order chi connectivity index (χ0) is 14.7. The molecule has 1 saturated heterocycles. The highest BCUT2D eigenvalue weighted by Gasteiger charge is 2.23. The third kappa shape index (κ3) is 4.23. The molecule has 0 bridgehead atoms. The summed E-state index contributed by atoms with van der Waals surface area (Å²) in [5.74, 6) is 0. The van der Waals surface area contributed by atoms with E-state index < -0.39 is 0 Å². The molecule has 22 heavy (non-hydrogen) atoms. The average Bonchev–Trinajstić information content (AvgIpc) is 3.08. The van der Waals surface area contributed by atoms with Crippen LogP contribution in [0.5, 0.6) is 0 Å². The molecule has 2 aromatic rings. The van der Waals surface area contributed by atoms with Gasteiger partial charge in [0.15, 0.2) is 0 Å². The molecular weight excluding hydrogens is 388 g/mol. The molecule has 0 aliphatic carbocycles. The number of hydrogen-bond acceptors (Lipinski definition) is 4. The van der Waals surface area contributed by atoms with E-state index in [4.69, 9.17) is 4.74 Å². The van der Waals surface area contributed by atoms with E-state index in [1.54, 1.807) is 16.2 Å². The van der Waals surface area contributed by atoms with E-state index in [-0.39, 0.29) is 18.5 Å². The van der Waals surface area contributed by atoms with Gasteiger partial charge >= 0.3 is 6.09 Å². The second kappa shape index (κ2) is 7.97. The quantitative estimate of drug-likeness (QED) is 0.814. The fourth-order valence-electron chi connectivity index (χ4n) is 2.24. The van der Waals surface area contributed by atoms with E-state index in [1.165, 1.54) is 4.88 Å². The Labute approximate surface area is 148 Å². The van der Waals surface area contributed by atoms with Gasteiger partial charge in [0.05, 0.1) is 6.54 Å². The molecule has 1 aliphatic heterocycles. The number of hydrogen-bond donors (Lipinski definition) is 1. The minimum Gasteiger partial charge on any atom is -0.447 e. The third-order valence-corrected chi connectivity index (χ3v) is 4.93. The molecule has 1 amide bonds. The molecule has 1 fully saturated rings. The van der Waals surface area contributed by atoms with Gasteiger partial charge in [0.25, 0.3) is 0 Å². The van der Waals surface area contributed by atoms with Crippen molar-refractivity contribution in [3.05, 3.63) is 50.6 Å². The van der Waals surface area contributed by atoms with Crippen LogP contribution in [-0.4, -0.2) is 19.2 Å². The lowest BCUT2D eigenvalue weighted by Gasteiger charge is -2.14. The Balaban J connectivity index is 0.00000176. The van der Waals surface area contributed by atoms with Gasteiger partial charge in [0.2, 0.25) is 0 Å². The van der Waals surface area contributed by atoms with Crippen molar-refractivity contribution in [3.63, 3.8) is 0 Å². The highest BCUT2D eigenvalue weighted by Crippen LogP contribution is 2.21. The van der Waals surface area contributed by atoms with Crippen LogP contribution in [0, 0.1) is 0 Å². The van der Waals surface area contributed by atoms with Crippen molar-refractivity contribution in [2.75, 3.05) is 18.1 Å². The van der Waals surface area contributed by atoms with Crippen LogP contribution < -0.4 is 10.2 Å². The van der Waals surface area contributed by atoms with Gasteiger partial charge in [-0.2, -0.15) is 0 Å². The summed E-state index contributed by atoms with van der Waals surface area (Å²) < 4.78 is 6.09. The second-order valence-corrected chi connectivity index (χ2v) is 6.68. The SMILES string of the molecule is Cl.O=C1OCCN1c1cccc(CNCc2cc(Br)cs2)c1.